The van der Waals surface area contributed by atoms with Crippen LogP contribution in [0.4, 0.5) is 0 Å². The lowest BCUT2D eigenvalue weighted by Crippen LogP contribution is -2.12. The van der Waals surface area contributed by atoms with Crippen molar-refractivity contribution in [2.75, 3.05) is 6.61 Å². The Bertz CT molecular complexity index is 979. The second-order valence-corrected chi connectivity index (χ2v) is 6.84. The Balaban J connectivity index is 1.54. The van der Waals surface area contributed by atoms with E-state index in [1.165, 1.54) is 16.7 Å². The molecule has 0 fully saturated rings. The molecule has 1 aliphatic carbocycles. The summed E-state index contributed by atoms with van der Waals surface area (Å²) in [6, 6.07) is 19.1. The molecule has 0 aliphatic heterocycles. The third-order valence-corrected chi connectivity index (χ3v) is 4.90. The third-order valence-electron chi connectivity index (χ3n) is 4.37. The summed E-state index contributed by atoms with van der Waals surface area (Å²) in [4.78, 5) is 12.5. The van der Waals surface area contributed by atoms with Gasteiger partial charge in [0.05, 0.1) is 5.02 Å². The van der Waals surface area contributed by atoms with Crippen LogP contribution in [-0.4, -0.2) is 12.4 Å². The van der Waals surface area contributed by atoms with E-state index in [0.717, 1.165) is 12.0 Å². The van der Waals surface area contributed by atoms with Crippen molar-refractivity contribution >= 4 is 29.0 Å². The van der Waals surface area contributed by atoms with Crippen LogP contribution in [0.3, 0.4) is 0 Å². The Labute approximate surface area is 156 Å². The number of rotatable bonds is 4. The van der Waals surface area contributed by atoms with E-state index in [2.05, 4.69) is 12.1 Å². The Morgan fingerprint density at radius 1 is 0.920 bits per heavy atom. The number of hydrogen-bond donors (Lipinski definition) is 0. The molecule has 4 rings (SSSR count). The van der Waals surface area contributed by atoms with Crippen LogP contribution < -0.4 is 4.74 Å². The lowest BCUT2D eigenvalue weighted by Gasteiger charge is -2.09. The zero-order valence-electron chi connectivity index (χ0n) is 13.3. The quantitative estimate of drug-likeness (QED) is 0.423. The Hall–Kier alpha value is -2.29. The van der Waals surface area contributed by atoms with E-state index in [9.17, 15) is 4.79 Å². The van der Waals surface area contributed by atoms with E-state index in [-0.39, 0.29) is 12.4 Å². The highest BCUT2D eigenvalue weighted by Gasteiger charge is 2.19. The van der Waals surface area contributed by atoms with E-state index in [0.29, 0.717) is 21.4 Å². The molecule has 0 N–H and O–H groups in total. The van der Waals surface area contributed by atoms with Crippen molar-refractivity contribution in [1.29, 1.82) is 0 Å². The predicted molar refractivity (Wildman–Crippen MR) is 101 cm³/mol. The molecule has 0 atom stereocenters. The van der Waals surface area contributed by atoms with Gasteiger partial charge in [-0.05, 0) is 52.9 Å². The molecule has 2 nitrogen and oxygen atoms in total. The fourth-order valence-corrected chi connectivity index (χ4v) is 3.58. The molecule has 0 spiro atoms. The number of fused-ring (bicyclic) bond motifs is 3. The van der Waals surface area contributed by atoms with Crippen molar-refractivity contribution in [2.45, 2.75) is 6.42 Å². The zero-order chi connectivity index (χ0) is 17.4. The normalized spacial score (nSPS) is 11.8. The van der Waals surface area contributed by atoms with E-state index < -0.39 is 0 Å². The molecule has 0 aromatic heterocycles. The van der Waals surface area contributed by atoms with Crippen LogP contribution in [0, 0.1) is 0 Å². The fraction of sp³-hybridized carbons (Fsp3) is 0.0952. The van der Waals surface area contributed by atoms with Gasteiger partial charge in [0.15, 0.2) is 12.4 Å². The van der Waals surface area contributed by atoms with Crippen molar-refractivity contribution in [3.8, 4) is 16.9 Å². The second-order valence-electron chi connectivity index (χ2n) is 5.99. The smallest absolute Gasteiger partial charge is 0.200 e. The van der Waals surface area contributed by atoms with Crippen LogP contribution in [0.5, 0.6) is 5.75 Å². The minimum Gasteiger partial charge on any atom is -0.484 e. The minimum atomic E-state index is -0.0850. The average Bonchev–Trinajstić information content (AvgIpc) is 2.98. The van der Waals surface area contributed by atoms with Crippen LogP contribution in [-0.2, 0) is 6.42 Å². The van der Waals surface area contributed by atoms with E-state index in [1.807, 2.05) is 30.3 Å². The first-order chi connectivity index (χ1) is 12.1. The molecule has 124 valence electrons. The van der Waals surface area contributed by atoms with Gasteiger partial charge in [-0.25, -0.2) is 0 Å². The van der Waals surface area contributed by atoms with Crippen molar-refractivity contribution in [2.24, 2.45) is 0 Å². The molecule has 0 unspecified atom stereocenters. The second kappa shape index (κ2) is 6.55. The van der Waals surface area contributed by atoms with Gasteiger partial charge in [0.1, 0.15) is 5.75 Å². The van der Waals surface area contributed by atoms with Crippen molar-refractivity contribution < 1.29 is 9.53 Å². The Morgan fingerprint density at radius 3 is 2.56 bits per heavy atom. The minimum absolute atomic E-state index is 0.0677. The summed E-state index contributed by atoms with van der Waals surface area (Å²) < 4.78 is 5.56. The summed E-state index contributed by atoms with van der Waals surface area (Å²) in [6.45, 7) is -0.0677. The van der Waals surface area contributed by atoms with Crippen LogP contribution in [0.15, 0.2) is 60.7 Å². The molecule has 0 bridgehead atoms. The van der Waals surface area contributed by atoms with Gasteiger partial charge >= 0.3 is 0 Å². The van der Waals surface area contributed by atoms with Gasteiger partial charge in [0.2, 0.25) is 0 Å². The average molecular weight is 369 g/mol. The summed E-state index contributed by atoms with van der Waals surface area (Å²) >= 11 is 11.9. The van der Waals surface area contributed by atoms with E-state index in [1.54, 1.807) is 18.2 Å². The highest BCUT2D eigenvalue weighted by molar-refractivity contribution is 6.35. The lowest BCUT2D eigenvalue weighted by atomic mass is 10.0. The Kier molecular flexibility index (Phi) is 4.24. The number of hydrogen-bond acceptors (Lipinski definition) is 2. The van der Waals surface area contributed by atoms with E-state index >= 15 is 0 Å². The first-order valence-corrected chi connectivity index (χ1v) is 8.69. The molecule has 3 aromatic rings. The van der Waals surface area contributed by atoms with Gasteiger partial charge < -0.3 is 4.74 Å². The van der Waals surface area contributed by atoms with Crippen LogP contribution in [0.1, 0.15) is 21.5 Å². The summed E-state index contributed by atoms with van der Waals surface area (Å²) in [5, 5.41) is 0.921. The summed E-state index contributed by atoms with van der Waals surface area (Å²) in [5.41, 5.74) is 5.52. The van der Waals surface area contributed by atoms with Gasteiger partial charge in [-0.2, -0.15) is 0 Å². The molecular formula is C21H14Cl2O2. The van der Waals surface area contributed by atoms with Crippen LogP contribution in [0.2, 0.25) is 10.0 Å². The maximum absolute atomic E-state index is 12.5. The SMILES string of the molecule is O=C(COc1ccc(Cl)cc1Cl)c1ccc2c(c1)-c1ccccc1C2. The maximum Gasteiger partial charge on any atom is 0.200 e. The van der Waals surface area contributed by atoms with Crippen LogP contribution in [0.25, 0.3) is 11.1 Å². The predicted octanol–water partition coefficient (Wildman–Crippen LogP) is 5.83. The Morgan fingerprint density at radius 2 is 1.72 bits per heavy atom. The third kappa shape index (κ3) is 3.15. The largest absolute Gasteiger partial charge is 0.484 e. The molecule has 0 saturated heterocycles. The molecule has 25 heavy (non-hydrogen) atoms. The molecule has 0 radical (unpaired) electrons. The highest BCUT2D eigenvalue weighted by Crippen LogP contribution is 2.37. The van der Waals surface area contributed by atoms with Crippen molar-refractivity contribution in [3.63, 3.8) is 0 Å². The van der Waals surface area contributed by atoms with Gasteiger partial charge in [-0.1, -0.05) is 59.6 Å². The first-order valence-electron chi connectivity index (χ1n) is 7.94. The van der Waals surface area contributed by atoms with Crippen molar-refractivity contribution in [3.05, 3.63) is 87.4 Å². The molecule has 0 amide bonds. The number of ketones is 1. The molecule has 4 heteroatoms. The standard InChI is InChI=1S/C21H14Cl2O2/c22-16-7-8-21(19(23)11-16)25-12-20(24)15-6-5-14-9-13-3-1-2-4-17(13)18(14)10-15/h1-8,10-11H,9,12H2. The maximum atomic E-state index is 12.5. The lowest BCUT2D eigenvalue weighted by molar-refractivity contribution is 0.0921. The number of carbonyl (C=O) groups excluding carboxylic acids is 1. The van der Waals surface area contributed by atoms with Gasteiger partial charge in [-0.3, -0.25) is 4.79 Å². The monoisotopic (exact) mass is 368 g/mol. The zero-order valence-corrected chi connectivity index (χ0v) is 14.8. The molecular weight excluding hydrogens is 355 g/mol. The summed E-state index contributed by atoms with van der Waals surface area (Å²) in [5.74, 6) is 0.365. The van der Waals surface area contributed by atoms with Gasteiger partial charge in [-0.15, -0.1) is 0 Å². The van der Waals surface area contributed by atoms with Gasteiger partial charge in [0, 0.05) is 10.6 Å². The number of Topliss-reactive ketones (excluding diaryl/α,β-unsaturated/α-hetero) is 1. The fourth-order valence-electron chi connectivity index (χ4n) is 3.12. The van der Waals surface area contributed by atoms with Crippen LogP contribution >= 0.6 is 23.2 Å². The molecule has 3 aromatic carbocycles. The van der Waals surface area contributed by atoms with E-state index in [4.69, 9.17) is 27.9 Å². The number of halogens is 2. The highest BCUT2D eigenvalue weighted by atomic mass is 35.5. The summed E-state index contributed by atoms with van der Waals surface area (Å²) in [7, 11) is 0. The summed E-state index contributed by atoms with van der Waals surface area (Å²) in [6.07, 6.45) is 0.914. The number of benzene rings is 3. The topological polar surface area (TPSA) is 26.3 Å². The molecule has 1 aliphatic rings. The first kappa shape index (κ1) is 16.2. The molecule has 0 saturated carbocycles. The number of ether oxygens (including phenoxy) is 1. The molecule has 0 heterocycles. The van der Waals surface area contributed by atoms with Gasteiger partial charge in [0.25, 0.3) is 0 Å². The van der Waals surface area contributed by atoms with Crippen molar-refractivity contribution in [1.82, 2.24) is 0 Å². The number of carbonyl (C=O) groups is 1.